The summed E-state index contributed by atoms with van der Waals surface area (Å²) in [5, 5.41) is 1.14. The maximum absolute atomic E-state index is 11.3. The van der Waals surface area contributed by atoms with Crippen LogP contribution in [-0.2, 0) is 25.6 Å². The molecular weight excluding hydrogens is 258 g/mol. The second-order valence-electron chi connectivity index (χ2n) is 4.09. The molecule has 0 radical (unpaired) electrons. The van der Waals surface area contributed by atoms with E-state index in [1.807, 2.05) is 41.1 Å². The molecule has 0 aliphatic carbocycles. The van der Waals surface area contributed by atoms with Gasteiger partial charge in [0.15, 0.2) is 0 Å². The molecule has 5 heteroatoms. The number of ether oxygens (including phenoxy) is 2. The molecule has 0 N–H and O–H groups in total. The normalized spacial score (nSPS) is 10.8. The zero-order chi connectivity index (χ0) is 14.4. The van der Waals surface area contributed by atoms with Crippen molar-refractivity contribution in [1.29, 1.82) is 0 Å². The third kappa shape index (κ3) is 3.47. The van der Waals surface area contributed by atoms with Crippen LogP contribution >= 0.6 is 0 Å². The van der Waals surface area contributed by atoms with Crippen LogP contribution in [0.3, 0.4) is 0 Å². The van der Waals surface area contributed by atoms with E-state index in [0.29, 0.717) is 6.54 Å². The first-order valence-corrected chi connectivity index (χ1v) is 6.17. The highest BCUT2D eigenvalue weighted by molar-refractivity contribution is 5.91. The summed E-state index contributed by atoms with van der Waals surface area (Å²) in [7, 11) is 1.25. The summed E-state index contributed by atoms with van der Waals surface area (Å²) >= 11 is 0. The number of fused-ring (bicyclic) bond motifs is 1. The molecule has 0 atom stereocenters. The Labute approximate surface area is 116 Å². The quantitative estimate of drug-likeness (QED) is 0.617. The minimum atomic E-state index is -0.585. The Morgan fingerprint density at radius 3 is 2.70 bits per heavy atom. The second-order valence-corrected chi connectivity index (χ2v) is 4.09. The molecule has 0 unspecified atom stereocenters. The van der Waals surface area contributed by atoms with Gasteiger partial charge in [-0.25, -0.2) is 9.59 Å². The van der Waals surface area contributed by atoms with E-state index in [4.69, 9.17) is 4.74 Å². The van der Waals surface area contributed by atoms with Gasteiger partial charge >= 0.3 is 11.9 Å². The zero-order valence-corrected chi connectivity index (χ0v) is 11.1. The lowest BCUT2D eigenvalue weighted by Gasteiger charge is -2.05. The number of nitrogens with zero attached hydrogens (tertiary/aromatic N) is 1. The lowest BCUT2D eigenvalue weighted by molar-refractivity contribution is -0.139. The Morgan fingerprint density at radius 1 is 1.15 bits per heavy atom. The van der Waals surface area contributed by atoms with Crippen molar-refractivity contribution in [1.82, 2.24) is 4.57 Å². The number of hydrogen-bond acceptors (Lipinski definition) is 4. The topological polar surface area (TPSA) is 57.5 Å². The highest BCUT2D eigenvalue weighted by atomic mass is 16.5. The predicted molar refractivity (Wildman–Crippen MR) is 74.1 cm³/mol. The van der Waals surface area contributed by atoms with Gasteiger partial charge < -0.3 is 14.0 Å². The van der Waals surface area contributed by atoms with E-state index < -0.39 is 11.9 Å². The molecule has 104 valence electrons. The minimum Gasteiger partial charge on any atom is -0.466 e. The van der Waals surface area contributed by atoms with Crippen LogP contribution in [-0.4, -0.2) is 30.2 Å². The highest BCUT2D eigenvalue weighted by Gasteiger charge is 2.02. The van der Waals surface area contributed by atoms with Crippen LogP contribution < -0.4 is 0 Å². The number of benzene rings is 1. The smallest absolute Gasteiger partial charge is 0.331 e. The first-order valence-electron chi connectivity index (χ1n) is 6.17. The number of esters is 2. The number of para-hydroxylation sites is 1. The molecule has 0 saturated carbocycles. The van der Waals surface area contributed by atoms with E-state index in [2.05, 4.69) is 4.74 Å². The van der Waals surface area contributed by atoms with Gasteiger partial charge in [0, 0.05) is 23.9 Å². The van der Waals surface area contributed by atoms with Crippen molar-refractivity contribution in [3.05, 3.63) is 48.7 Å². The van der Waals surface area contributed by atoms with Crippen molar-refractivity contribution in [2.45, 2.75) is 6.54 Å². The van der Waals surface area contributed by atoms with Crippen LogP contribution in [0.2, 0.25) is 0 Å². The van der Waals surface area contributed by atoms with Crippen LogP contribution in [0.25, 0.3) is 10.9 Å². The second kappa shape index (κ2) is 6.56. The minimum absolute atomic E-state index is 0.239. The van der Waals surface area contributed by atoms with Crippen LogP contribution in [0.4, 0.5) is 0 Å². The van der Waals surface area contributed by atoms with E-state index in [9.17, 15) is 9.59 Å². The van der Waals surface area contributed by atoms with Gasteiger partial charge in [-0.05, 0) is 17.5 Å². The largest absolute Gasteiger partial charge is 0.466 e. The number of carbonyl (C=O) groups excluding carboxylic acids is 2. The summed E-state index contributed by atoms with van der Waals surface area (Å²) in [6, 6.07) is 9.98. The summed E-state index contributed by atoms with van der Waals surface area (Å²) < 4.78 is 11.4. The molecule has 1 heterocycles. The standard InChI is InChI=1S/C15H15NO4/c1-19-14(17)6-7-15(18)20-11-10-16-9-8-12-4-2-3-5-13(12)16/h2-9H,10-11H2,1H3/b7-6+. The molecule has 0 bridgehead atoms. The molecule has 1 aromatic heterocycles. The Kier molecular flexibility index (Phi) is 4.55. The molecule has 1 aromatic carbocycles. The number of rotatable bonds is 5. The maximum atomic E-state index is 11.3. The first-order chi connectivity index (χ1) is 9.70. The summed E-state index contributed by atoms with van der Waals surface area (Å²) in [6.07, 6.45) is 4.04. The molecular formula is C15H15NO4. The third-order valence-electron chi connectivity index (χ3n) is 2.81. The zero-order valence-electron chi connectivity index (χ0n) is 11.1. The van der Waals surface area contributed by atoms with E-state index >= 15 is 0 Å². The molecule has 0 amide bonds. The average Bonchev–Trinajstić information content (AvgIpc) is 2.88. The Balaban J connectivity index is 1.85. The molecule has 0 spiro atoms. The molecule has 0 aliphatic rings. The van der Waals surface area contributed by atoms with Crippen molar-refractivity contribution >= 4 is 22.8 Å². The summed E-state index contributed by atoms with van der Waals surface area (Å²) in [6.45, 7) is 0.800. The van der Waals surface area contributed by atoms with Gasteiger partial charge in [-0.1, -0.05) is 18.2 Å². The number of carbonyl (C=O) groups is 2. The maximum Gasteiger partial charge on any atom is 0.331 e. The van der Waals surface area contributed by atoms with Crippen molar-refractivity contribution in [3.63, 3.8) is 0 Å². The van der Waals surface area contributed by atoms with Gasteiger partial charge in [0.25, 0.3) is 0 Å². The number of hydrogen-bond donors (Lipinski definition) is 0. The molecule has 2 rings (SSSR count). The fourth-order valence-corrected chi connectivity index (χ4v) is 1.83. The van der Waals surface area contributed by atoms with Gasteiger partial charge in [0.1, 0.15) is 6.61 Å². The fourth-order valence-electron chi connectivity index (χ4n) is 1.83. The Hall–Kier alpha value is -2.56. The van der Waals surface area contributed by atoms with Gasteiger partial charge in [-0.15, -0.1) is 0 Å². The monoisotopic (exact) mass is 273 g/mol. The SMILES string of the molecule is COC(=O)/C=C/C(=O)OCCn1ccc2ccccc21. The van der Waals surface area contributed by atoms with Crippen LogP contribution in [0, 0.1) is 0 Å². The van der Waals surface area contributed by atoms with Crippen molar-refractivity contribution < 1.29 is 19.1 Å². The summed E-state index contributed by atoms with van der Waals surface area (Å²) in [5.41, 5.74) is 1.09. The van der Waals surface area contributed by atoms with Gasteiger partial charge in [0.05, 0.1) is 13.7 Å². The van der Waals surface area contributed by atoms with Crippen molar-refractivity contribution in [2.75, 3.05) is 13.7 Å². The van der Waals surface area contributed by atoms with Crippen LogP contribution in [0.1, 0.15) is 0 Å². The van der Waals surface area contributed by atoms with E-state index in [1.54, 1.807) is 0 Å². The van der Waals surface area contributed by atoms with E-state index in [1.165, 1.54) is 7.11 Å². The van der Waals surface area contributed by atoms with E-state index in [-0.39, 0.29) is 6.61 Å². The lowest BCUT2D eigenvalue weighted by atomic mass is 10.2. The summed E-state index contributed by atoms with van der Waals surface area (Å²) in [4.78, 5) is 22.1. The number of methoxy groups -OCH3 is 1. The average molecular weight is 273 g/mol. The molecule has 20 heavy (non-hydrogen) atoms. The Bertz CT molecular complexity index is 642. The van der Waals surface area contributed by atoms with Crippen molar-refractivity contribution in [2.24, 2.45) is 0 Å². The highest BCUT2D eigenvalue weighted by Crippen LogP contribution is 2.14. The van der Waals surface area contributed by atoms with Gasteiger partial charge in [-0.2, -0.15) is 0 Å². The first kappa shape index (κ1) is 13.9. The van der Waals surface area contributed by atoms with Gasteiger partial charge in [-0.3, -0.25) is 0 Å². The van der Waals surface area contributed by atoms with Crippen LogP contribution in [0.15, 0.2) is 48.7 Å². The number of aromatic nitrogens is 1. The third-order valence-corrected chi connectivity index (χ3v) is 2.81. The van der Waals surface area contributed by atoms with Crippen molar-refractivity contribution in [3.8, 4) is 0 Å². The van der Waals surface area contributed by atoms with Gasteiger partial charge in [0.2, 0.25) is 0 Å². The van der Waals surface area contributed by atoms with E-state index in [0.717, 1.165) is 23.1 Å². The molecule has 2 aromatic rings. The lowest BCUT2D eigenvalue weighted by Crippen LogP contribution is -2.09. The van der Waals surface area contributed by atoms with Crippen LogP contribution in [0.5, 0.6) is 0 Å². The predicted octanol–water partition coefficient (Wildman–Crippen LogP) is 1.91. The fraction of sp³-hybridized carbons (Fsp3) is 0.200. The summed E-state index contributed by atoms with van der Waals surface area (Å²) in [5.74, 6) is -1.15. The molecule has 0 aliphatic heterocycles. The Morgan fingerprint density at radius 2 is 1.90 bits per heavy atom. The molecule has 0 saturated heterocycles. The molecule has 0 fully saturated rings. The molecule has 5 nitrogen and oxygen atoms in total.